The summed E-state index contributed by atoms with van der Waals surface area (Å²) in [4.78, 5) is 25.7. The Morgan fingerprint density at radius 1 is 1.20 bits per heavy atom. The standard InChI is InChI=1S/C19H27N3O3/c23-17-8-6-16(7-9-17)21-19(25)20-12-14-3-1-4-15(11-14)13-22-10-2-5-18(22)24/h1,3-4,11,16-17,23H,2,5-10,12-13H2,(H2,20,21,25). The molecule has 0 unspecified atom stereocenters. The molecular weight excluding hydrogens is 318 g/mol. The van der Waals surface area contributed by atoms with E-state index < -0.39 is 0 Å². The van der Waals surface area contributed by atoms with Gasteiger partial charge in [-0.25, -0.2) is 4.79 Å². The van der Waals surface area contributed by atoms with Crippen molar-refractivity contribution >= 4 is 11.9 Å². The fourth-order valence-corrected chi connectivity index (χ4v) is 3.57. The van der Waals surface area contributed by atoms with E-state index in [0.717, 1.165) is 49.8 Å². The number of carbonyl (C=O) groups excluding carboxylic acids is 2. The van der Waals surface area contributed by atoms with E-state index in [0.29, 0.717) is 19.5 Å². The molecule has 1 aromatic carbocycles. The lowest BCUT2D eigenvalue weighted by molar-refractivity contribution is -0.128. The normalized spacial score (nSPS) is 23.6. The average Bonchev–Trinajstić information content (AvgIpc) is 3.00. The largest absolute Gasteiger partial charge is 0.393 e. The fraction of sp³-hybridized carbons (Fsp3) is 0.579. The molecule has 0 bridgehead atoms. The van der Waals surface area contributed by atoms with Crippen LogP contribution in [0.15, 0.2) is 24.3 Å². The van der Waals surface area contributed by atoms with Crippen LogP contribution in [0.5, 0.6) is 0 Å². The highest BCUT2D eigenvalue weighted by Gasteiger charge is 2.21. The second-order valence-corrected chi connectivity index (χ2v) is 7.07. The molecule has 1 saturated carbocycles. The van der Waals surface area contributed by atoms with Crippen LogP contribution >= 0.6 is 0 Å². The summed E-state index contributed by atoms with van der Waals surface area (Å²) in [6.45, 7) is 1.94. The zero-order valence-corrected chi connectivity index (χ0v) is 14.5. The average molecular weight is 345 g/mol. The van der Waals surface area contributed by atoms with Gasteiger partial charge in [-0.3, -0.25) is 4.79 Å². The highest BCUT2D eigenvalue weighted by molar-refractivity contribution is 5.78. The van der Waals surface area contributed by atoms with Gasteiger partial charge >= 0.3 is 6.03 Å². The molecule has 3 rings (SSSR count). The summed E-state index contributed by atoms with van der Waals surface area (Å²) in [7, 11) is 0. The molecule has 1 saturated heterocycles. The molecule has 0 aromatic heterocycles. The lowest BCUT2D eigenvalue weighted by atomic mass is 9.93. The summed E-state index contributed by atoms with van der Waals surface area (Å²) in [5.74, 6) is 0.223. The van der Waals surface area contributed by atoms with E-state index in [2.05, 4.69) is 10.6 Å². The Morgan fingerprint density at radius 2 is 1.96 bits per heavy atom. The number of benzene rings is 1. The maximum Gasteiger partial charge on any atom is 0.315 e. The summed E-state index contributed by atoms with van der Waals surface area (Å²) in [6, 6.07) is 7.99. The second-order valence-electron chi connectivity index (χ2n) is 7.07. The molecule has 3 amide bonds. The monoisotopic (exact) mass is 345 g/mol. The van der Waals surface area contributed by atoms with Crippen LogP contribution in [0.3, 0.4) is 0 Å². The summed E-state index contributed by atoms with van der Waals surface area (Å²) >= 11 is 0. The van der Waals surface area contributed by atoms with Crippen LogP contribution in [0.2, 0.25) is 0 Å². The molecule has 6 nitrogen and oxygen atoms in total. The zero-order valence-electron chi connectivity index (χ0n) is 14.5. The number of amides is 3. The third-order valence-corrected chi connectivity index (χ3v) is 5.02. The number of aliphatic hydroxyl groups excluding tert-OH is 1. The van der Waals surface area contributed by atoms with E-state index in [4.69, 9.17) is 0 Å². The number of carbonyl (C=O) groups is 2. The fourth-order valence-electron chi connectivity index (χ4n) is 3.57. The molecule has 25 heavy (non-hydrogen) atoms. The van der Waals surface area contributed by atoms with Gasteiger partial charge in [0.05, 0.1) is 6.10 Å². The Balaban J connectivity index is 1.45. The molecule has 1 aromatic rings. The van der Waals surface area contributed by atoms with Gasteiger partial charge in [-0.15, -0.1) is 0 Å². The van der Waals surface area contributed by atoms with E-state index in [1.165, 1.54) is 0 Å². The molecule has 1 heterocycles. The van der Waals surface area contributed by atoms with E-state index in [-0.39, 0.29) is 24.1 Å². The molecule has 1 aliphatic heterocycles. The molecule has 136 valence electrons. The van der Waals surface area contributed by atoms with Gasteiger partial charge in [0.25, 0.3) is 0 Å². The van der Waals surface area contributed by atoms with Gasteiger partial charge in [-0.1, -0.05) is 24.3 Å². The highest BCUT2D eigenvalue weighted by atomic mass is 16.3. The van der Waals surface area contributed by atoms with Crippen LogP contribution in [0, 0.1) is 0 Å². The summed E-state index contributed by atoms with van der Waals surface area (Å²) in [5.41, 5.74) is 2.12. The highest BCUT2D eigenvalue weighted by Crippen LogP contribution is 2.18. The maximum absolute atomic E-state index is 12.0. The van der Waals surface area contributed by atoms with Crippen molar-refractivity contribution in [2.24, 2.45) is 0 Å². The van der Waals surface area contributed by atoms with Crippen LogP contribution < -0.4 is 10.6 Å². The molecule has 0 spiro atoms. The molecule has 1 aliphatic carbocycles. The van der Waals surface area contributed by atoms with E-state index in [1.54, 1.807) is 0 Å². The predicted molar refractivity (Wildman–Crippen MR) is 94.7 cm³/mol. The molecule has 3 N–H and O–H groups in total. The Morgan fingerprint density at radius 3 is 2.68 bits per heavy atom. The first-order valence-corrected chi connectivity index (χ1v) is 9.18. The van der Waals surface area contributed by atoms with Crippen molar-refractivity contribution < 1.29 is 14.7 Å². The number of rotatable bonds is 5. The van der Waals surface area contributed by atoms with Gasteiger partial charge in [-0.05, 0) is 43.2 Å². The molecular formula is C19H27N3O3. The number of likely N-dealkylation sites (tertiary alicyclic amines) is 1. The second kappa shape index (κ2) is 8.34. The van der Waals surface area contributed by atoms with E-state index >= 15 is 0 Å². The number of nitrogens with zero attached hydrogens (tertiary/aromatic N) is 1. The Labute approximate surface area is 148 Å². The summed E-state index contributed by atoms with van der Waals surface area (Å²) in [5, 5.41) is 15.4. The van der Waals surface area contributed by atoms with Gasteiger partial charge in [0.1, 0.15) is 0 Å². The van der Waals surface area contributed by atoms with Crippen LogP contribution in [0.4, 0.5) is 4.79 Å². The van der Waals surface area contributed by atoms with Crippen molar-refractivity contribution in [3.05, 3.63) is 35.4 Å². The number of nitrogens with one attached hydrogen (secondary N) is 2. The predicted octanol–water partition coefficient (Wildman–Crippen LogP) is 1.91. The first kappa shape index (κ1) is 17.7. The molecule has 2 aliphatic rings. The van der Waals surface area contributed by atoms with Gasteiger partial charge in [0, 0.05) is 32.1 Å². The van der Waals surface area contributed by atoms with Crippen molar-refractivity contribution in [3.8, 4) is 0 Å². The third kappa shape index (κ3) is 5.19. The molecule has 0 atom stereocenters. The molecule has 2 fully saturated rings. The Kier molecular flexibility index (Phi) is 5.91. The van der Waals surface area contributed by atoms with E-state index in [1.807, 2.05) is 29.2 Å². The van der Waals surface area contributed by atoms with Gasteiger partial charge in [0.15, 0.2) is 0 Å². The van der Waals surface area contributed by atoms with Gasteiger partial charge in [-0.2, -0.15) is 0 Å². The van der Waals surface area contributed by atoms with Crippen molar-refractivity contribution in [1.82, 2.24) is 15.5 Å². The number of hydrogen-bond donors (Lipinski definition) is 3. The SMILES string of the molecule is O=C(NCc1cccc(CN2CCCC2=O)c1)NC1CCC(O)CC1. The van der Waals surface area contributed by atoms with Crippen LogP contribution in [-0.2, 0) is 17.9 Å². The van der Waals surface area contributed by atoms with Crippen LogP contribution in [0.25, 0.3) is 0 Å². The number of hydrogen-bond acceptors (Lipinski definition) is 3. The zero-order chi connectivity index (χ0) is 17.6. The smallest absolute Gasteiger partial charge is 0.315 e. The van der Waals surface area contributed by atoms with Gasteiger partial charge in [0.2, 0.25) is 5.91 Å². The third-order valence-electron chi connectivity index (χ3n) is 5.02. The summed E-state index contributed by atoms with van der Waals surface area (Å²) < 4.78 is 0. The minimum atomic E-state index is -0.216. The topological polar surface area (TPSA) is 81.7 Å². The van der Waals surface area contributed by atoms with Crippen molar-refractivity contribution in [1.29, 1.82) is 0 Å². The Bertz CT molecular complexity index is 612. The quantitative estimate of drug-likeness (QED) is 0.762. The van der Waals surface area contributed by atoms with Crippen LogP contribution in [0.1, 0.15) is 49.7 Å². The lowest BCUT2D eigenvalue weighted by Crippen LogP contribution is -2.43. The maximum atomic E-state index is 12.0. The van der Waals surface area contributed by atoms with Gasteiger partial charge < -0.3 is 20.6 Å². The van der Waals surface area contributed by atoms with E-state index in [9.17, 15) is 14.7 Å². The van der Waals surface area contributed by atoms with Crippen LogP contribution in [-0.4, -0.2) is 40.6 Å². The number of urea groups is 1. The minimum absolute atomic E-state index is 0.149. The van der Waals surface area contributed by atoms with Crippen molar-refractivity contribution in [3.63, 3.8) is 0 Å². The molecule has 0 radical (unpaired) electrons. The Hall–Kier alpha value is -2.08. The first-order chi connectivity index (χ1) is 12.1. The lowest BCUT2D eigenvalue weighted by Gasteiger charge is -2.26. The minimum Gasteiger partial charge on any atom is -0.393 e. The first-order valence-electron chi connectivity index (χ1n) is 9.18. The van der Waals surface area contributed by atoms with Crippen molar-refractivity contribution in [2.75, 3.05) is 6.54 Å². The number of aliphatic hydroxyl groups is 1. The van der Waals surface area contributed by atoms with Crippen molar-refractivity contribution in [2.45, 2.75) is 63.8 Å². The summed E-state index contributed by atoms with van der Waals surface area (Å²) in [6.07, 6.45) is 4.54. The molecule has 6 heteroatoms.